The van der Waals surface area contributed by atoms with Crippen molar-refractivity contribution in [2.45, 2.75) is 32.7 Å². The van der Waals surface area contributed by atoms with E-state index < -0.39 is 0 Å². The van der Waals surface area contributed by atoms with Crippen LogP contribution >= 0.6 is 0 Å². The van der Waals surface area contributed by atoms with Gasteiger partial charge in [-0.3, -0.25) is 9.78 Å². The second kappa shape index (κ2) is 6.68. The molecule has 1 aliphatic rings. The van der Waals surface area contributed by atoms with E-state index in [4.69, 9.17) is 0 Å². The molecule has 2 aromatic rings. The number of piperidine rings is 1. The molecule has 1 saturated heterocycles. The molecule has 2 aromatic heterocycles. The Kier molecular flexibility index (Phi) is 4.45. The smallest absolute Gasteiger partial charge is 0.274 e. The van der Waals surface area contributed by atoms with Gasteiger partial charge in [0.05, 0.1) is 17.6 Å². The van der Waals surface area contributed by atoms with E-state index in [1.807, 2.05) is 30.9 Å². The molecule has 1 N–H and O–H groups in total. The summed E-state index contributed by atoms with van der Waals surface area (Å²) < 4.78 is 0. The molecule has 120 valence electrons. The van der Waals surface area contributed by atoms with E-state index in [1.54, 1.807) is 12.4 Å². The Labute approximate surface area is 135 Å². The highest BCUT2D eigenvalue weighted by atomic mass is 16.2. The zero-order chi connectivity index (χ0) is 16.2. The number of aromatic nitrogens is 4. The summed E-state index contributed by atoms with van der Waals surface area (Å²) in [6.07, 6.45) is 4.92. The van der Waals surface area contributed by atoms with Gasteiger partial charge in [-0.15, -0.1) is 5.10 Å². The van der Waals surface area contributed by atoms with Crippen molar-refractivity contribution in [3.05, 3.63) is 41.6 Å². The Bertz CT molecular complexity index is 662. The Morgan fingerprint density at radius 1 is 1.09 bits per heavy atom. The molecule has 3 rings (SSSR count). The van der Waals surface area contributed by atoms with Gasteiger partial charge in [-0.25, -0.2) is 4.98 Å². The Hall–Kier alpha value is -2.57. The Morgan fingerprint density at radius 2 is 1.87 bits per heavy atom. The van der Waals surface area contributed by atoms with Crippen LogP contribution in [-0.2, 0) is 0 Å². The van der Waals surface area contributed by atoms with Crippen molar-refractivity contribution in [2.24, 2.45) is 0 Å². The third kappa shape index (κ3) is 3.80. The summed E-state index contributed by atoms with van der Waals surface area (Å²) in [6.45, 7) is 5.16. The number of likely N-dealkylation sites (tertiary alicyclic amines) is 1. The first kappa shape index (κ1) is 15.3. The van der Waals surface area contributed by atoms with Crippen molar-refractivity contribution >= 4 is 11.7 Å². The molecule has 0 unspecified atom stereocenters. The summed E-state index contributed by atoms with van der Waals surface area (Å²) in [6, 6.07) is 4.17. The van der Waals surface area contributed by atoms with E-state index in [-0.39, 0.29) is 5.91 Å². The minimum absolute atomic E-state index is 0.0499. The van der Waals surface area contributed by atoms with Crippen molar-refractivity contribution in [3.63, 3.8) is 0 Å². The summed E-state index contributed by atoms with van der Waals surface area (Å²) in [5.74, 6) is 0.732. The SMILES string of the molecule is Cc1cnc(C(=O)N2CCC(Nc3ccc(C)nn3)CC2)cn1. The molecule has 0 spiro atoms. The highest BCUT2D eigenvalue weighted by molar-refractivity contribution is 5.92. The predicted molar refractivity (Wildman–Crippen MR) is 86.1 cm³/mol. The quantitative estimate of drug-likeness (QED) is 0.927. The summed E-state index contributed by atoms with van der Waals surface area (Å²) >= 11 is 0. The first-order chi connectivity index (χ1) is 11.1. The molecule has 0 radical (unpaired) electrons. The van der Waals surface area contributed by atoms with Gasteiger partial charge in [0.1, 0.15) is 11.5 Å². The molecule has 0 atom stereocenters. The van der Waals surface area contributed by atoms with Crippen molar-refractivity contribution in [2.75, 3.05) is 18.4 Å². The van der Waals surface area contributed by atoms with Gasteiger partial charge in [0.15, 0.2) is 0 Å². The molecule has 7 nitrogen and oxygen atoms in total. The molecule has 23 heavy (non-hydrogen) atoms. The molecule has 0 aromatic carbocycles. The van der Waals surface area contributed by atoms with Crippen LogP contribution < -0.4 is 5.32 Å². The van der Waals surface area contributed by atoms with Crippen LogP contribution in [-0.4, -0.2) is 50.1 Å². The van der Waals surface area contributed by atoms with Gasteiger partial charge in [-0.1, -0.05) is 0 Å². The van der Waals surface area contributed by atoms with Crippen LogP contribution in [0.4, 0.5) is 5.82 Å². The van der Waals surface area contributed by atoms with Crippen molar-refractivity contribution in [1.82, 2.24) is 25.1 Å². The number of nitrogens with one attached hydrogen (secondary N) is 1. The number of nitrogens with zero attached hydrogens (tertiary/aromatic N) is 5. The van der Waals surface area contributed by atoms with Gasteiger partial charge in [-0.05, 0) is 38.8 Å². The molecule has 1 amide bonds. The first-order valence-corrected chi connectivity index (χ1v) is 7.76. The lowest BCUT2D eigenvalue weighted by Crippen LogP contribution is -2.42. The van der Waals surface area contributed by atoms with E-state index >= 15 is 0 Å². The van der Waals surface area contributed by atoms with E-state index in [0.29, 0.717) is 24.8 Å². The lowest BCUT2D eigenvalue weighted by atomic mass is 10.0. The molecule has 3 heterocycles. The van der Waals surface area contributed by atoms with E-state index in [1.165, 1.54) is 0 Å². The second-order valence-electron chi connectivity index (χ2n) is 5.81. The predicted octanol–water partition coefficient (Wildman–Crippen LogP) is 1.60. The van der Waals surface area contributed by atoms with Crippen LogP contribution in [0.3, 0.4) is 0 Å². The van der Waals surface area contributed by atoms with E-state index in [2.05, 4.69) is 25.5 Å². The van der Waals surface area contributed by atoms with Gasteiger partial charge in [-0.2, -0.15) is 5.10 Å². The zero-order valence-corrected chi connectivity index (χ0v) is 13.4. The minimum Gasteiger partial charge on any atom is -0.366 e. The lowest BCUT2D eigenvalue weighted by molar-refractivity contribution is 0.0712. The summed E-state index contributed by atoms with van der Waals surface area (Å²) in [5.41, 5.74) is 2.12. The van der Waals surface area contributed by atoms with Gasteiger partial charge in [0.25, 0.3) is 5.91 Å². The number of carbonyl (C=O) groups is 1. The van der Waals surface area contributed by atoms with Crippen LogP contribution in [0.5, 0.6) is 0 Å². The number of aryl methyl sites for hydroxylation is 2. The summed E-state index contributed by atoms with van der Waals surface area (Å²) in [7, 11) is 0. The van der Waals surface area contributed by atoms with Gasteiger partial charge >= 0.3 is 0 Å². The maximum atomic E-state index is 12.4. The van der Waals surface area contributed by atoms with Crippen LogP contribution in [0.2, 0.25) is 0 Å². The average molecular weight is 312 g/mol. The van der Waals surface area contributed by atoms with Crippen LogP contribution in [0.1, 0.15) is 34.7 Å². The second-order valence-corrected chi connectivity index (χ2v) is 5.81. The van der Waals surface area contributed by atoms with Crippen LogP contribution in [0.15, 0.2) is 24.5 Å². The third-order valence-corrected chi connectivity index (χ3v) is 3.93. The summed E-state index contributed by atoms with van der Waals surface area (Å²) in [4.78, 5) is 22.5. The maximum absolute atomic E-state index is 12.4. The first-order valence-electron chi connectivity index (χ1n) is 7.76. The molecule has 0 saturated carbocycles. The Morgan fingerprint density at radius 3 is 2.48 bits per heavy atom. The number of hydrogen-bond acceptors (Lipinski definition) is 6. The average Bonchev–Trinajstić information content (AvgIpc) is 2.58. The molecule has 0 aliphatic carbocycles. The van der Waals surface area contributed by atoms with Gasteiger partial charge < -0.3 is 10.2 Å². The van der Waals surface area contributed by atoms with Gasteiger partial charge in [0.2, 0.25) is 0 Å². The standard InChI is InChI=1S/C16H20N6O/c1-11-3-4-15(21-20-11)19-13-5-7-22(8-6-13)16(23)14-10-17-12(2)9-18-14/h3-4,9-10,13H,5-8H2,1-2H3,(H,19,21). The fourth-order valence-electron chi connectivity index (χ4n) is 2.58. The van der Waals surface area contributed by atoms with Crippen LogP contribution in [0.25, 0.3) is 0 Å². The number of rotatable bonds is 3. The van der Waals surface area contributed by atoms with Crippen molar-refractivity contribution < 1.29 is 4.79 Å². The molecule has 0 bridgehead atoms. The minimum atomic E-state index is -0.0499. The number of amides is 1. The largest absolute Gasteiger partial charge is 0.366 e. The highest BCUT2D eigenvalue weighted by Gasteiger charge is 2.24. The molecular formula is C16H20N6O. The van der Waals surface area contributed by atoms with Crippen molar-refractivity contribution in [1.29, 1.82) is 0 Å². The molecular weight excluding hydrogens is 292 g/mol. The number of anilines is 1. The van der Waals surface area contributed by atoms with Crippen LogP contribution in [0, 0.1) is 13.8 Å². The highest BCUT2D eigenvalue weighted by Crippen LogP contribution is 2.16. The third-order valence-electron chi connectivity index (χ3n) is 3.93. The fraction of sp³-hybridized carbons (Fsp3) is 0.438. The summed E-state index contributed by atoms with van der Waals surface area (Å²) in [5, 5.41) is 11.5. The number of carbonyl (C=O) groups excluding carboxylic acids is 1. The molecule has 1 aliphatic heterocycles. The lowest BCUT2D eigenvalue weighted by Gasteiger charge is -2.32. The molecule has 7 heteroatoms. The Balaban J connectivity index is 1.54. The normalized spacial score (nSPS) is 15.5. The van der Waals surface area contributed by atoms with Gasteiger partial charge in [0, 0.05) is 25.3 Å². The van der Waals surface area contributed by atoms with E-state index in [0.717, 1.165) is 30.0 Å². The number of hydrogen-bond donors (Lipinski definition) is 1. The topological polar surface area (TPSA) is 83.9 Å². The van der Waals surface area contributed by atoms with E-state index in [9.17, 15) is 4.79 Å². The fourth-order valence-corrected chi connectivity index (χ4v) is 2.58. The maximum Gasteiger partial charge on any atom is 0.274 e. The van der Waals surface area contributed by atoms with Crippen molar-refractivity contribution in [3.8, 4) is 0 Å². The molecule has 1 fully saturated rings. The zero-order valence-electron chi connectivity index (χ0n) is 13.4. The monoisotopic (exact) mass is 312 g/mol.